The fourth-order valence-electron chi connectivity index (χ4n) is 2.75. The van der Waals surface area contributed by atoms with E-state index in [4.69, 9.17) is 0 Å². The van der Waals surface area contributed by atoms with Crippen LogP contribution in [0.15, 0.2) is 24.3 Å². The van der Waals surface area contributed by atoms with Crippen LogP contribution in [0.25, 0.3) is 0 Å². The van der Waals surface area contributed by atoms with Gasteiger partial charge >= 0.3 is 0 Å². The lowest BCUT2D eigenvalue weighted by Gasteiger charge is -2.05. The third-order valence-corrected chi connectivity index (χ3v) is 4.44. The quantitative estimate of drug-likeness (QED) is 0.146. The molecular formula is C23H40N2O3. The van der Waals surface area contributed by atoms with E-state index in [1.807, 2.05) is 0 Å². The lowest BCUT2D eigenvalue weighted by Crippen LogP contribution is -2.30. The molecule has 0 saturated carbocycles. The van der Waals surface area contributed by atoms with Crippen LogP contribution in [-0.4, -0.2) is 31.2 Å². The smallest absolute Gasteiger partial charge is 0.284 e. The van der Waals surface area contributed by atoms with E-state index in [1.165, 1.54) is 44.9 Å². The minimum atomic E-state index is -0.614. The number of nitrogens with one attached hydrogen (secondary N) is 2. The molecule has 5 nitrogen and oxygen atoms in total. The summed E-state index contributed by atoms with van der Waals surface area (Å²) in [6, 6.07) is 0. The summed E-state index contributed by atoms with van der Waals surface area (Å²) in [7, 11) is 0. The lowest BCUT2D eigenvalue weighted by atomic mass is 10.1. The van der Waals surface area contributed by atoms with Gasteiger partial charge in [0, 0.05) is 19.5 Å². The molecule has 0 aliphatic heterocycles. The number of hydrogen-bond donors (Lipinski definition) is 2. The van der Waals surface area contributed by atoms with E-state index in [-0.39, 0.29) is 12.2 Å². The van der Waals surface area contributed by atoms with Gasteiger partial charge in [-0.3, -0.25) is 14.4 Å². The van der Waals surface area contributed by atoms with Gasteiger partial charge < -0.3 is 10.6 Å². The van der Waals surface area contributed by atoms with E-state index in [1.54, 1.807) is 0 Å². The first kappa shape index (κ1) is 26.1. The number of rotatable bonds is 19. The molecule has 0 bridgehead atoms. The van der Waals surface area contributed by atoms with Crippen LogP contribution in [0.5, 0.6) is 0 Å². The van der Waals surface area contributed by atoms with Crippen molar-refractivity contribution in [2.45, 2.75) is 90.4 Å². The van der Waals surface area contributed by atoms with Crippen LogP contribution >= 0.6 is 0 Å². The minimum Gasteiger partial charge on any atom is -0.356 e. The van der Waals surface area contributed by atoms with Crippen molar-refractivity contribution in [2.24, 2.45) is 0 Å². The van der Waals surface area contributed by atoms with Crippen molar-refractivity contribution < 1.29 is 14.4 Å². The number of aldehydes is 1. The van der Waals surface area contributed by atoms with Crippen molar-refractivity contribution in [1.29, 1.82) is 0 Å². The molecule has 0 aliphatic rings. The molecule has 0 aromatic rings. The first-order chi connectivity index (χ1) is 13.7. The zero-order valence-electron chi connectivity index (χ0n) is 17.7. The first-order valence-corrected chi connectivity index (χ1v) is 11.0. The Hall–Kier alpha value is -1.91. The molecule has 28 heavy (non-hydrogen) atoms. The predicted molar refractivity (Wildman–Crippen MR) is 116 cm³/mol. The van der Waals surface area contributed by atoms with Crippen molar-refractivity contribution in [3.05, 3.63) is 24.3 Å². The van der Waals surface area contributed by atoms with Crippen LogP contribution < -0.4 is 10.6 Å². The van der Waals surface area contributed by atoms with Crippen LogP contribution in [0.3, 0.4) is 0 Å². The Labute approximate surface area is 171 Å². The van der Waals surface area contributed by atoms with Gasteiger partial charge in [0.25, 0.3) is 5.91 Å². The normalized spacial score (nSPS) is 11.2. The maximum atomic E-state index is 11.7. The molecule has 5 heteroatoms. The number of allylic oxidation sites excluding steroid dienone is 4. The maximum absolute atomic E-state index is 11.7. The summed E-state index contributed by atoms with van der Waals surface area (Å²) in [5.41, 5.74) is 0. The average Bonchev–Trinajstić information content (AvgIpc) is 2.70. The molecule has 0 heterocycles. The summed E-state index contributed by atoms with van der Waals surface area (Å²) in [5.74, 6) is -0.552. The zero-order chi connectivity index (χ0) is 20.7. The highest BCUT2D eigenvalue weighted by Gasteiger charge is 2.01. The molecule has 0 fully saturated rings. The van der Waals surface area contributed by atoms with Crippen molar-refractivity contribution in [3.8, 4) is 0 Å². The van der Waals surface area contributed by atoms with E-state index < -0.39 is 5.91 Å². The summed E-state index contributed by atoms with van der Waals surface area (Å²) >= 11 is 0. The van der Waals surface area contributed by atoms with Crippen LogP contribution in [0.2, 0.25) is 0 Å². The summed E-state index contributed by atoms with van der Waals surface area (Å²) < 4.78 is 0. The van der Waals surface area contributed by atoms with Gasteiger partial charge in [0.2, 0.25) is 12.2 Å². The Morgan fingerprint density at radius 1 is 0.714 bits per heavy atom. The van der Waals surface area contributed by atoms with E-state index >= 15 is 0 Å². The topological polar surface area (TPSA) is 75.3 Å². The molecule has 0 rings (SSSR count). The number of carbonyl (C=O) groups is 3. The van der Waals surface area contributed by atoms with Crippen molar-refractivity contribution in [3.63, 3.8) is 0 Å². The minimum absolute atomic E-state index is 0.0624. The third kappa shape index (κ3) is 20.4. The van der Waals surface area contributed by atoms with Crippen LogP contribution in [0, 0.1) is 0 Å². The van der Waals surface area contributed by atoms with Crippen LogP contribution in [0.1, 0.15) is 90.4 Å². The maximum Gasteiger partial charge on any atom is 0.284 e. The van der Waals surface area contributed by atoms with Crippen LogP contribution in [-0.2, 0) is 14.4 Å². The Morgan fingerprint density at radius 2 is 1.32 bits per heavy atom. The van der Waals surface area contributed by atoms with Gasteiger partial charge in [-0.2, -0.15) is 0 Å². The molecule has 0 aromatic heterocycles. The van der Waals surface area contributed by atoms with Crippen molar-refractivity contribution in [1.82, 2.24) is 10.6 Å². The fourth-order valence-corrected chi connectivity index (χ4v) is 2.75. The summed E-state index contributed by atoms with van der Waals surface area (Å²) in [6.45, 7) is 3.16. The Balaban J connectivity index is 3.31. The molecule has 2 amide bonds. The molecule has 0 atom stereocenters. The van der Waals surface area contributed by atoms with Gasteiger partial charge in [-0.1, -0.05) is 63.3 Å². The average molecular weight is 393 g/mol. The molecule has 0 radical (unpaired) electrons. The predicted octanol–water partition coefficient (Wildman–Crippen LogP) is 4.62. The molecule has 0 spiro atoms. The number of hydrogen-bond acceptors (Lipinski definition) is 3. The Kier molecular flexibility index (Phi) is 19.9. The second-order valence-corrected chi connectivity index (χ2v) is 7.09. The van der Waals surface area contributed by atoms with E-state index in [0.717, 1.165) is 25.7 Å². The second kappa shape index (κ2) is 21.4. The first-order valence-electron chi connectivity index (χ1n) is 11.0. The number of amides is 2. The van der Waals surface area contributed by atoms with E-state index in [2.05, 4.69) is 41.9 Å². The van der Waals surface area contributed by atoms with Gasteiger partial charge in [-0.25, -0.2) is 0 Å². The van der Waals surface area contributed by atoms with Crippen molar-refractivity contribution >= 4 is 18.1 Å². The summed E-state index contributed by atoms with van der Waals surface area (Å²) in [5, 5.41) is 5.27. The third-order valence-electron chi connectivity index (χ3n) is 4.44. The van der Waals surface area contributed by atoms with Gasteiger partial charge in [0.1, 0.15) is 0 Å². The summed E-state index contributed by atoms with van der Waals surface area (Å²) in [4.78, 5) is 32.5. The molecule has 0 unspecified atom stereocenters. The monoisotopic (exact) mass is 392 g/mol. The highest BCUT2D eigenvalue weighted by Crippen LogP contribution is 2.08. The number of carbonyl (C=O) groups excluding carboxylic acids is 3. The van der Waals surface area contributed by atoms with Crippen molar-refractivity contribution in [2.75, 3.05) is 13.1 Å². The zero-order valence-corrected chi connectivity index (χ0v) is 17.7. The molecule has 160 valence electrons. The standard InChI is InChI=1S/C23H40N2O3/c1-2-3-4-5-6-7-8-9-10-11-12-13-14-15-16-18-22(27)24-19-17-20-25-23(28)21-26/h6-7,9-10,21H,2-5,8,11-20H2,1H3,(H,24,27)(H,25,28)/b7-6-,10-9-. The molecular weight excluding hydrogens is 352 g/mol. The van der Waals surface area contributed by atoms with Gasteiger partial charge in [-0.05, 0) is 44.9 Å². The Morgan fingerprint density at radius 3 is 2.00 bits per heavy atom. The van der Waals surface area contributed by atoms with Gasteiger partial charge in [-0.15, -0.1) is 0 Å². The summed E-state index contributed by atoms with van der Waals surface area (Å²) in [6.07, 6.45) is 23.5. The fraction of sp³-hybridized carbons (Fsp3) is 0.696. The highest BCUT2D eigenvalue weighted by atomic mass is 16.2. The van der Waals surface area contributed by atoms with Crippen LogP contribution in [0.4, 0.5) is 0 Å². The number of unbranched alkanes of at least 4 members (excludes halogenated alkanes) is 8. The molecule has 0 aliphatic carbocycles. The highest BCUT2D eigenvalue weighted by molar-refractivity contribution is 6.23. The van der Waals surface area contributed by atoms with E-state index in [9.17, 15) is 14.4 Å². The SMILES string of the molecule is CCCCC/C=C\C/C=C\CCCCCCCC(=O)NCCCNC(=O)C=O. The van der Waals surface area contributed by atoms with Gasteiger partial charge in [0.05, 0.1) is 0 Å². The molecule has 0 saturated heterocycles. The lowest BCUT2D eigenvalue weighted by molar-refractivity contribution is -0.131. The second-order valence-electron chi connectivity index (χ2n) is 7.09. The molecule has 2 N–H and O–H groups in total. The Bertz CT molecular complexity index is 459. The molecule has 0 aromatic carbocycles. The van der Waals surface area contributed by atoms with E-state index in [0.29, 0.717) is 25.9 Å². The van der Waals surface area contributed by atoms with Gasteiger partial charge in [0.15, 0.2) is 0 Å². The largest absolute Gasteiger partial charge is 0.356 e.